The van der Waals surface area contributed by atoms with Crippen molar-refractivity contribution in [3.05, 3.63) is 93.8 Å². The van der Waals surface area contributed by atoms with E-state index >= 15 is 0 Å². The smallest absolute Gasteiger partial charge is 0.313 e. The van der Waals surface area contributed by atoms with Crippen LogP contribution < -0.4 is 10.6 Å². The number of amides is 2. The fourth-order valence-electron chi connectivity index (χ4n) is 4.49. The van der Waals surface area contributed by atoms with Gasteiger partial charge in [-0.25, -0.2) is 0 Å². The second-order valence-electron chi connectivity index (χ2n) is 9.77. The highest BCUT2D eigenvalue weighted by molar-refractivity contribution is 7.16. The SMILES string of the molecule is COC(=O)C(CC(=O)Nc1ccc(CCCCc2nnc(NC(=O)CC(C(=O)O)c3ccccc3)s2)s1)c1ccccc1. The summed E-state index contributed by atoms with van der Waals surface area (Å²) in [6.07, 6.45) is 3.06. The van der Waals surface area contributed by atoms with Crippen molar-refractivity contribution < 1.29 is 29.0 Å². The predicted molar refractivity (Wildman–Crippen MR) is 165 cm³/mol. The molecule has 0 saturated carbocycles. The highest BCUT2D eigenvalue weighted by Crippen LogP contribution is 2.27. The summed E-state index contributed by atoms with van der Waals surface area (Å²) in [6.45, 7) is 0. The molecule has 0 bridgehead atoms. The maximum atomic E-state index is 12.7. The molecule has 0 fully saturated rings. The molecule has 12 heteroatoms. The summed E-state index contributed by atoms with van der Waals surface area (Å²) in [5.74, 6) is -3.81. The number of methoxy groups -OCH3 is 1. The quantitative estimate of drug-likeness (QED) is 0.114. The van der Waals surface area contributed by atoms with Crippen LogP contribution in [0.25, 0.3) is 0 Å². The zero-order chi connectivity index (χ0) is 30.6. The Kier molecular flexibility index (Phi) is 11.5. The summed E-state index contributed by atoms with van der Waals surface area (Å²) < 4.78 is 4.90. The van der Waals surface area contributed by atoms with E-state index in [0.717, 1.165) is 39.7 Å². The first-order valence-corrected chi connectivity index (χ1v) is 15.4. The predicted octanol–water partition coefficient (Wildman–Crippen LogP) is 5.65. The van der Waals surface area contributed by atoms with E-state index in [9.17, 15) is 24.3 Å². The average molecular weight is 621 g/mol. The van der Waals surface area contributed by atoms with Crippen LogP contribution in [-0.4, -0.2) is 46.2 Å². The Hall–Kier alpha value is -4.42. The van der Waals surface area contributed by atoms with Gasteiger partial charge in [0.25, 0.3) is 0 Å². The van der Waals surface area contributed by atoms with E-state index < -0.39 is 29.7 Å². The number of nitrogens with one attached hydrogen (secondary N) is 2. The molecule has 0 spiro atoms. The van der Waals surface area contributed by atoms with Crippen LogP contribution in [0.3, 0.4) is 0 Å². The van der Waals surface area contributed by atoms with Gasteiger partial charge in [0, 0.05) is 24.1 Å². The molecule has 0 aliphatic carbocycles. The first-order chi connectivity index (χ1) is 20.8. The Bertz CT molecular complexity index is 1520. The molecule has 2 atom stereocenters. The number of rotatable bonds is 15. The number of esters is 1. The van der Waals surface area contributed by atoms with Gasteiger partial charge in [-0.15, -0.1) is 21.5 Å². The second kappa shape index (κ2) is 15.7. The van der Waals surface area contributed by atoms with Crippen molar-refractivity contribution in [3.8, 4) is 0 Å². The van der Waals surface area contributed by atoms with Gasteiger partial charge in [0.05, 0.1) is 23.9 Å². The van der Waals surface area contributed by atoms with E-state index in [2.05, 4.69) is 20.8 Å². The minimum absolute atomic E-state index is 0.0125. The minimum Gasteiger partial charge on any atom is -0.481 e. The number of aliphatic carboxylic acids is 1. The molecule has 4 rings (SSSR count). The number of hydrogen-bond acceptors (Lipinski definition) is 9. The van der Waals surface area contributed by atoms with Crippen LogP contribution in [0.4, 0.5) is 10.1 Å². The Balaban J connectivity index is 1.19. The highest BCUT2D eigenvalue weighted by atomic mass is 32.1. The Morgan fingerprint density at radius 3 is 2.02 bits per heavy atom. The van der Waals surface area contributed by atoms with Crippen LogP contribution in [0.15, 0.2) is 72.8 Å². The molecule has 224 valence electrons. The number of anilines is 2. The van der Waals surface area contributed by atoms with Gasteiger partial charge in [-0.05, 0) is 42.5 Å². The van der Waals surface area contributed by atoms with E-state index in [4.69, 9.17) is 4.74 Å². The first kappa shape index (κ1) is 31.5. The van der Waals surface area contributed by atoms with Gasteiger partial charge < -0.3 is 20.5 Å². The van der Waals surface area contributed by atoms with Crippen LogP contribution in [0, 0.1) is 0 Å². The van der Waals surface area contributed by atoms with Crippen LogP contribution in [-0.2, 0) is 36.8 Å². The van der Waals surface area contributed by atoms with Crippen LogP contribution in [0.2, 0.25) is 0 Å². The van der Waals surface area contributed by atoms with E-state index in [0.29, 0.717) is 17.1 Å². The Morgan fingerprint density at radius 2 is 1.37 bits per heavy atom. The molecular formula is C31H32N4O6S2. The van der Waals surface area contributed by atoms with Gasteiger partial charge in [-0.2, -0.15) is 0 Å². The number of carbonyl (C=O) groups is 4. The molecule has 0 aliphatic heterocycles. The summed E-state index contributed by atoms with van der Waals surface area (Å²) in [4.78, 5) is 50.2. The van der Waals surface area contributed by atoms with Crippen molar-refractivity contribution in [1.82, 2.24) is 10.2 Å². The number of thiophene rings is 1. The maximum Gasteiger partial charge on any atom is 0.313 e. The third-order valence-electron chi connectivity index (χ3n) is 6.67. The Morgan fingerprint density at radius 1 is 0.767 bits per heavy atom. The molecule has 0 radical (unpaired) electrons. The van der Waals surface area contributed by atoms with Crippen LogP contribution in [0.1, 0.15) is 58.5 Å². The molecule has 2 amide bonds. The molecule has 0 aliphatic rings. The summed E-state index contributed by atoms with van der Waals surface area (Å²) in [7, 11) is 1.32. The van der Waals surface area contributed by atoms with Gasteiger partial charge in [-0.3, -0.25) is 19.2 Å². The summed E-state index contributed by atoms with van der Waals surface area (Å²) in [5.41, 5.74) is 1.30. The molecule has 2 unspecified atom stereocenters. The summed E-state index contributed by atoms with van der Waals surface area (Å²) in [5, 5.41) is 25.1. The molecular weight excluding hydrogens is 588 g/mol. The summed E-state index contributed by atoms with van der Waals surface area (Å²) in [6, 6.07) is 21.6. The van der Waals surface area contributed by atoms with Crippen molar-refractivity contribution in [2.45, 2.75) is 50.4 Å². The van der Waals surface area contributed by atoms with Crippen LogP contribution in [0.5, 0.6) is 0 Å². The van der Waals surface area contributed by atoms with Gasteiger partial charge in [0.15, 0.2) is 0 Å². The molecule has 2 heterocycles. The van der Waals surface area contributed by atoms with Gasteiger partial charge in [-0.1, -0.05) is 72.0 Å². The summed E-state index contributed by atoms with van der Waals surface area (Å²) >= 11 is 2.77. The fraction of sp³-hybridized carbons (Fsp3) is 0.290. The third kappa shape index (κ3) is 9.55. The maximum absolute atomic E-state index is 12.7. The van der Waals surface area contributed by atoms with E-state index in [1.807, 2.05) is 30.3 Å². The molecule has 4 aromatic rings. The minimum atomic E-state index is -1.06. The molecule has 3 N–H and O–H groups in total. The lowest BCUT2D eigenvalue weighted by molar-refractivity contribution is -0.143. The first-order valence-electron chi connectivity index (χ1n) is 13.7. The van der Waals surface area contributed by atoms with Crippen LogP contribution >= 0.6 is 22.7 Å². The molecule has 10 nitrogen and oxygen atoms in total. The number of carboxylic acids is 1. The van der Waals surface area contributed by atoms with Crippen molar-refractivity contribution >= 4 is 56.6 Å². The standard InChI is InChI=1S/C31H32N4O6S2/c1-41-30(40)24(21-12-6-3-7-13-21)19-25(36)32-27-17-16-22(42-27)14-8-9-15-28-34-35-31(43-28)33-26(37)18-23(29(38)39)20-10-4-2-5-11-20/h2-7,10-13,16-17,23-24H,8-9,14-15,18-19H2,1H3,(H,32,36)(H,38,39)(H,33,35,37). The zero-order valence-corrected chi connectivity index (χ0v) is 25.2. The number of aryl methyl sites for hydroxylation is 2. The lowest BCUT2D eigenvalue weighted by Gasteiger charge is -2.14. The zero-order valence-electron chi connectivity index (χ0n) is 23.5. The third-order valence-corrected chi connectivity index (χ3v) is 8.63. The lowest BCUT2D eigenvalue weighted by atomic mass is 9.95. The number of nitrogens with zero attached hydrogens (tertiary/aromatic N) is 2. The average Bonchev–Trinajstić information content (AvgIpc) is 3.66. The number of carbonyl (C=O) groups excluding carboxylic acids is 3. The van der Waals surface area contributed by atoms with E-state index in [1.165, 1.54) is 29.8 Å². The fourth-order valence-corrected chi connectivity index (χ4v) is 6.25. The number of carboxylic acid groups (broad SMARTS) is 1. The Labute approximate surface area is 257 Å². The topological polar surface area (TPSA) is 148 Å². The van der Waals surface area contributed by atoms with Crippen molar-refractivity contribution in [3.63, 3.8) is 0 Å². The highest BCUT2D eigenvalue weighted by Gasteiger charge is 2.25. The number of benzene rings is 2. The lowest BCUT2D eigenvalue weighted by Crippen LogP contribution is -2.21. The number of ether oxygens (including phenoxy) is 1. The van der Waals surface area contributed by atoms with Crippen molar-refractivity contribution in [2.24, 2.45) is 0 Å². The number of hydrogen-bond donors (Lipinski definition) is 3. The monoisotopic (exact) mass is 620 g/mol. The van der Waals surface area contributed by atoms with Gasteiger partial charge in [0.1, 0.15) is 5.01 Å². The molecule has 43 heavy (non-hydrogen) atoms. The molecule has 0 saturated heterocycles. The van der Waals surface area contributed by atoms with Crippen molar-refractivity contribution in [1.29, 1.82) is 0 Å². The molecule has 2 aromatic carbocycles. The van der Waals surface area contributed by atoms with E-state index in [1.54, 1.807) is 42.5 Å². The number of unbranched alkanes of at least 4 members (excludes halogenated alkanes) is 1. The van der Waals surface area contributed by atoms with Gasteiger partial charge >= 0.3 is 11.9 Å². The largest absolute Gasteiger partial charge is 0.481 e. The van der Waals surface area contributed by atoms with Gasteiger partial charge in [0.2, 0.25) is 16.9 Å². The van der Waals surface area contributed by atoms with Crippen molar-refractivity contribution in [2.75, 3.05) is 17.7 Å². The molecule has 2 aromatic heterocycles. The normalized spacial score (nSPS) is 12.2. The number of aromatic nitrogens is 2. The second-order valence-corrected chi connectivity index (χ2v) is 12.0. The van der Waals surface area contributed by atoms with E-state index in [-0.39, 0.29) is 18.7 Å².